The number of benzene rings is 2. The first-order valence-electron chi connectivity index (χ1n) is 10.4. The van der Waals surface area contributed by atoms with Crippen molar-refractivity contribution in [2.24, 2.45) is 0 Å². The van der Waals surface area contributed by atoms with Crippen LogP contribution in [0, 0.1) is 19.7 Å². The molecular formula is C23H24FN5O2S. The predicted octanol–water partition coefficient (Wildman–Crippen LogP) is 4.50. The second-order valence-electron chi connectivity index (χ2n) is 8.66. The van der Waals surface area contributed by atoms with Crippen molar-refractivity contribution in [1.82, 2.24) is 18.7 Å². The molecule has 0 bridgehead atoms. The molecule has 0 atom stereocenters. The molecule has 2 aromatic heterocycles. The van der Waals surface area contributed by atoms with Crippen LogP contribution >= 0.6 is 0 Å². The maximum Gasteiger partial charge on any atom is 0.238 e. The molecule has 5 rings (SSSR count). The molecule has 7 nitrogen and oxygen atoms in total. The zero-order chi connectivity index (χ0) is 23.0. The van der Waals surface area contributed by atoms with Gasteiger partial charge < -0.3 is 5.32 Å². The van der Waals surface area contributed by atoms with E-state index in [1.54, 1.807) is 25.1 Å². The van der Waals surface area contributed by atoms with Crippen molar-refractivity contribution in [1.29, 1.82) is 0 Å². The number of aryl methyl sites for hydroxylation is 1. The molecule has 32 heavy (non-hydrogen) atoms. The van der Waals surface area contributed by atoms with Gasteiger partial charge in [0.2, 0.25) is 10.0 Å². The fraction of sp³-hybridized carbons (Fsp3) is 0.304. The van der Waals surface area contributed by atoms with Crippen LogP contribution in [0.1, 0.15) is 38.0 Å². The number of anilines is 1. The Morgan fingerprint density at radius 1 is 1.16 bits per heavy atom. The van der Waals surface area contributed by atoms with Crippen molar-refractivity contribution in [3.63, 3.8) is 0 Å². The molecule has 1 N–H and O–H groups in total. The summed E-state index contributed by atoms with van der Waals surface area (Å²) in [7, 11) is -3.47. The van der Waals surface area contributed by atoms with E-state index in [9.17, 15) is 8.42 Å². The first-order chi connectivity index (χ1) is 15.1. The van der Waals surface area contributed by atoms with Crippen LogP contribution in [0.2, 0.25) is 0 Å². The van der Waals surface area contributed by atoms with Gasteiger partial charge in [0.05, 0.1) is 28.2 Å². The van der Waals surface area contributed by atoms with Gasteiger partial charge in [-0.3, -0.25) is 4.57 Å². The van der Waals surface area contributed by atoms with Crippen LogP contribution in [-0.2, 0) is 15.6 Å². The van der Waals surface area contributed by atoms with Crippen LogP contribution in [-0.4, -0.2) is 32.9 Å². The molecule has 0 unspecified atom stereocenters. The van der Waals surface area contributed by atoms with Crippen LogP contribution in [0.15, 0.2) is 36.5 Å². The lowest BCUT2D eigenvalue weighted by molar-refractivity contribution is 0.532. The van der Waals surface area contributed by atoms with E-state index in [-0.39, 0.29) is 11.6 Å². The highest BCUT2D eigenvalue weighted by molar-refractivity contribution is 7.90. The summed E-state index contributed by atoms with van der Waals surface area (Å²) in [6.45, 7) is 9.31. The smallest absolute Gasteiger partial charge is 0.238 e. The van der Waals surface area contributed by atoms with Crippen molar-refractivity contribution in [3.8, 4) is 16.8 Å². The molecule has 0 radical (unpaired) electrons. The van der Waals surface area contributed by atoms with Gasteiger partial charge in [-0.05, 0) is 63.9 Å². The minimum absolute atomic E-state index is 0.0234. The predicted molar refractivity (Wildman–Crippen MR) is 123 cm³/mol. The topological polar surface area (TPSA) is 81.8 Å². The zero-order valence-corrected chi connectivity index (χ0v) is 19.4. The Bertz CT molecular complexity index is 1520. The SMILES string of the molecule is CCS(=O)(=O)n1ccc2c(-c3c(F)cc4c(c3C)-n3c(C)nnc3C(C)(C)N4)cccc21. The lowest BCUT2D eigenvalue weighted by Gasteiger charge is -2.35. The quantitative estimate of drug-likeness (QED) is 0.494. The summed E-state index contributed by atoms with van der Waals surface area (Å²) in [5, 5.41) is 12.7. The Balaban J connectivity index is 1.82. The minimum atomic E-state index is -3.47. The van der Waals surface area contributed by atoms with Gasteiger partial charge in [-0.1, -0.05) is 12.1 Å². The van der Waals surface area contributed by atoms with Gasteiger partial charge in [-0.25, -0.2) is 16.8 Å². The van der Waals surface area contributed by atoms with E-state index in [1.165, 1.54) is 16.2 Å². The van der Waals surface area contributed by atoms with E-state index in [2.05, 4.69) is 15.5 Å². The molecule has 0 amide bonds. The second kappa shape index (κ2) is 6.65. The average Bonchev–Trinajstić information content (AvgIpc) is 3.33. The second-order valence-corrected chi connectivity index (χ2v) is 10.8. The number of nitrogens with one attached hydrogen (secondary N) is 1. The van der Waals surface area contributed by atoms with Crippen LogP contribution in [0.5, 0.6) is 0 Å². The van der Waals surface area contributed by atoms with Crippen molar-refractivity contribution >= 4 is 26.6 Å². The highest BCUT2D eigenvalue weighted by Gasteiger charge is 2.36. The van der Waals surface area contributed by atoms with Crippen LogP contribution < -0.4 is 5.32 Å². The van der Waals surface area contributed by atoms with E-state index < -0.39 is 15.6 Å². The normalized spacial score (nSPS) is 14.8. The molecule has 2 aromatic carbocycles. The van der Waals surface area contributed by atoms with E-state index in [4.69, 9.17) is 0 Å². The molecule has 1 aliphatic rings. The van der Waals surface area contributed by atoms with Crippen molar-refractivity contribution in [3.05, 3.63) is 59.6 Å². The number of hydrogen-bond acceptors (Lipinski definition) is 5. The third-order valence-corrected chi connectivity index (χ3v) is 7.83. The largest absolute Gasteiger partial charge is 0.371 e. The van der Waals surface area contributed by atoms with Crippen molar-refractivity contribution < 1.29 is 12.8 Å². The Morgan fingerprint density at radius 3 is 2.62 bits per heavy atom. The number of fused-ring (bicyclic) bond motifs is 4. The first-order valence-corrected chi connectivity index (χ1v) is 12.1. The maximum absolute atomic E-state index is 15.6. The van der Waals surface area contributed by atoms with Crippen molar-refractivity contribution in [2.75, 3.05) is 11.1 Å². The summed E-state index contributed by atoms with van der Waals surface area (Å²) in [5.74, 6) is 1.07. The highest BCUT2D eigenvalue weighted by atomic mass is 32.2. The summed E-state index contributed by atoms with van der Waals surface area (Å²) in [5.41, 5.74) is 3.29. The fourth-order valence-corrected chi connectivity index (χ4v) is 5.63. The third kappa shape index (κ3) is 2.73. The molecule has 4 aromatic rings. The minimum Gasteiger partial charge on any atom is -0.371 e. The molecule has 0 fully saturated rings. The Kier molecular flexibility index (Phi) is 4.30. The van der Waals surface area contributed by atoms with Gasteiger partial charge >= 0.3 is 0 Å². The molecule has 0 saturated heterocycles. The third-order valence-electron chi connectivity index (χ3n) is 6.18. The molecule has 9 heteroatoms. The lowest BCUT2D eigenvalue weighted by atomic mass is 9.92. The molecule has 0 spiro atoms. The van der Waals surface area contributed by atoms with Gasteiger partial charge in [0, 0.05) is 17.1 Å². The Labute approximate surface area is 185 Å². The molecule has 1 aliphatic heterocycles. The lowest BCUT2D eigenvalue weighted by Crippen LogP contribution is -2.36. The van der Waals surface area contributed by atoms with E-state index in [1.807, 2.05) is 38.3 Å². The number of nitrogens with zero attached hydrogens (tertiary/aromatic N) is 4. The fourth-order valence-electron chi connectivity index (χ4n) is 4.65. The average molecular weight is 454 g/mol. The number of hydrogen-bond donors (Lipinski definition) is 1. The van der Waals surface area contributed by atoms with Gasteiger partial charge in [0.25, 0.3) is 0 Å². The Morgan fingerprint density at radius 2 is 1.91 bits per heavy atom. The van der Waals surface area contributed by atoms with Gasteiger partial charge in [0.15, 0.2) is 5.82 Å². The van der Waals surface area contributed by atoms with Crippen LogP contribution in [0.25, 0.3) is 27.7 Å². The summed E-state index contributed by atoms with van der Waals surface area (Å²) >= 11 is 0. The number of halogens is 1. The van der Waals surface area contributed by atoms with Crippen LogP contribution in [0.3, 0.4) is 0 Å². The standard InChI is InChI=1S/C23H24FN5O2S/c1-6-32(30,31)28-11-10-15-16(8-7-9-19(15)28)20-13(2)21-18(12-17(20)24)25-23(4,5)22-27-26-14(3)29(21)22/h7-12,25H,6H2,1-5H3. The van der Waals surface area contributed by atoms with Gasteiger partial charge in [0.1, 0.15) is 11.6 Å². The summed E-state index contributed by atoms with van der Waals surface area (Å²) in [4.78, 5) is 0. The number of rotatable bonds is 3. The Hall–Kier alpha value is -3.20. The maximum atomic E-state index is 15.6. The highest BCUT2D eigenvalue weighted by Crippen LogP contribution is 2.44. The monoisotopic (exact) mass is 453 g/mol. The summed E-state index contributed by atoms with van der Waals surface area (Å²) < 4.78 is 43.9. The molecule has 0 aliphatic carbocycles. The van der Waals surface area contributed by atoms with E-state index in [0.717, 1.165) is 22.9 Å². The van der Waals surface area contributed by atoms with E-state index in [0.29, 0.717) is 27.7 Å². The molecule has 166 valence electrons. The van der Waals surface area contributed by atoms with Crippen LogP contribution in [0.4, 0.5) is 10.1 Å². The summed E-state index contributed by atoms with van der Waals surface area (Å²) in [6.07, 6.45) is 1.53. The van der Waals surface area contributed by atoms with Gasteiger partial charge in [-0.15, -0.1) is 10.2 Å². The van der Waals surface area contributed by atoms with Gasteiger partial charge in [-0.2, -0.15) is 0 Å². The zero-order valence-electron chi connectivity index (χ0n) is 18.6. The summed E-state index contributed by atoms with van der Waals surface area (Å²) in [6, 6.07) is 8.55. The molecule has 3 heterocycles. The van der Waals surface area contributed by atoms with E-state index >= 15 is 4.39 Å². The molecule has 0 saturated carbocycles. The van der Waals surface area contributed by atoms with Crippen molar-refractivity contribution in [2.45, 2.75) is 40.2 Å². The number of aromatic nitrogens is 4. The first kappa shape index (κ1) is 20.7. The molecular weight excluding hydrogens is 429 g/mol.